The molecule has 0 N–H and O–H groups in total. The van der Waals surface area contributed by atoms with Gasteiger partial charge in [-0.25, -0.2) is 4.68 Å². The molecule has 2 aromatic rings. The summed E-state index contributed by atoms with van der Waals surface area (Å²) in [7, 11) is 1.86. The molecule has 1 aliphatic rings. The third kappa shape index (κ3) is 2.67. The number of para-hydroxylation sites is 1. The standard InChI is InChI=1S/C15H17N3O/c1-17(15(19)13-7-8-13)10-12-9-16-18(11-12)14-5-3-2-4-6-14/h2-6,9,11,13H,7-8,10H2,1H3. The highest BCUT2D eigenvalue weighted by Crippen LogP contribution is 2.30. The Morgan fingerprint density at radius 3 is 2.79 bits per heavy atom. The second kappa shape index (κ2) is 4.88. The van der Waals surface area contributed by atoms with Crippen LogP contribution in [0.2, 0.25) is 0 Å². The van der Waals surface area contributed by atoms with E-state index in [0.29, 0.717) is 6.54 Å². The molecule has 1 heterocycles. The Kier molecular flexibility index (Phi) is 3.07. The fraction of sp³-hybridized carbons (Fsp3) is 0.333. The molecule has 0 radical (unpaired) electrons. The van der Waals surface area contributed by atoms with Crippen molar-refractivity contribution in [2.45, 2.75) is 19.4 Å². The summed E-state index contributed by atoms with van der Waals surface area (Å²) < 4.78 is 1.84. The third-order valence-electron chi connectivity index (χ3n) is 3.38. The molecular weight excluding hydrogens is 238 g/mol. The predicted octanol–water partition coefficient (Wildman–Crippen LogP) is 2.24. The van der Waals surface area contributed by atoms with E-state index in [1.54, 1.807) is 4.90 Å². The van der Waals surface area contributed by atoms with Crippen LogP contribution in [0.5, 0.6) is 0 Å². The molecule has 4 heteroatoms. The zero-order valence-electron chi connectivity index (χ0n) is 11.0. The average molecular weight is 255 g/mol. The Bertz CT molecular complexity index is 572. The monoisotopic (exact) mass is 255 g/mol. The van der Waals surface area contributed by atoms with E-state index in [4.69, 9.17) is 0 Å². The Balaban J connectivity index is 1.69. The van der Waals surface area contributed by atoms with Crippen molar-refractivity contribution in [2.24, 2.45) is 5.92 Å². The Morgan fingerprint density at radius 1 is 1.37 bits per heavy atom. The summed E-state index contributed by atoms with van der Waals surface area (Å²) in [5, 5.41) is 4.34. The minimum Gasteiger partial charge on any atom is -0.341 e. The zero-order chi connectivity index (χ0) is 13.2. The van der Waals surface area contributed by atoms with Crippen molar-refractivity contribution in [3.05, 3.63) is 48.3 Å². The molecule has 0 bridgehead atoms. The highest BCUT2D eigenvalue weighted by atomic mass is 16.2. The summed E-state index contributed by atoms with van der Waals surface area (Å²) in [6.45, 7) is 0.627. The van der Waals surface area contributed by atoms with Crippen molar-refractivity contribution in [3.8, 4) is 5.69 Å². The van der Waals surface area contributed by atoms with Crippen LogP contribution in [0.3, 0.4) is 0 Å². The molecule has 0 unspecified atom stereocenters. The molecule has 1 aromatic carbocycles. The number of benzene rings is 1. The smallest absolute Gasteiger partial charge is 0.225 e. The summed E-state index contributed by atoms with van der Waals surface area (Å²) in [5.41, 5.74) is 2.09. The first-order valence-corrected chi connectivity index (χ1v) is 6.58. The predicted molar refractivity (Wildman–Crippen MR) is 72.8 cm³/mol. The quantitative estimate of drug-likeness (QED) is 0.840. The molecule has 0 spiro atoms. The molecule has 98 valence electrons. The van der Waals surface area contributed by atoms with E-state index in [9.17, 15) is 4.79 Å². The number of hydrogen-bond acceptors (Lipinski definition) is 2. The lowest BCUT2D eigenvalue weighted by Gasteiger charge is -2.15. The van der Waals surface area contributed by atoms with Gasteiger partial charge in [0.2, 0.25) is 5.91 Å². The van der Waals surface area contributed by atoms with Gasteiger partial charge >= 0.3 is 0 Å². The van der Waals surface area contributed by atoms with Crippen LogP contribution in [0.4, 0.5) is 0 Å². The number of aromatic nitrogens is 2. The number of amides is 1. The van der Waals surface area contributed by atoms with Crippen LogP contribution < -0.4 is 0 Å². The second-order valence-corrected chi connectivity index (χ2v) is 5.10. The van der Waals surface area contributed by atoms with Crippen molar-refractivity contribution >= 4 is 5.91 Å². The van der Waals surface area contributed by atoms with Crippen LogP contribution in [0.25, 0.3) is 5.69 Å². The van der Waals surface area contributed by atoms with Gasteiger partial charge in [-0.05, 0) is 25.0 Å². The molecular formula is C15H17N3O. The summed E-state index contributed by atoms with van der Waals surface area (Å²) >= 11 is 0. The maximum atomic E-state index is 11.9. The summed E-state index contributed by atoms with van der Waals surface area (Å²) in [6, 6.07) is 9.97. The van der Waals surface area contributed by atoms with Gasteiger partial charge in [-0.3, -0.25) is 4.79 Å². The lowest BCUT2D eigenvalue weighted by molar-refractivity contribution is -0.131. The van der Waals surface area contributed by atoms with E-state index < -0.39 is 0 Å². The molecule has 0 aliphatic heterocycles. The lowest BCUT2D eigenvalue weighted by atomic mass is 10.3. The Morgan fingerprint density at radius 2 is 2.11 bits per heavy atom. The lowest BCUT2D eigenvalue weighted by Crippen LogP contribution is -2.27. The molecule has 4 nitrogen and oxygen atoms in total. The molecule has 1 fully saturated rings. The Labute approximate surface area is 112 Å². The number of rotatable bonds is 4. The van der Waals surface area contributed by atoms with Crippen LogP contribution >= 0.6 is 0 Å². The fourth-order valence-corrected chi connectivity index (χ4v) is 2.16. The topological polar surface area (TPSA) is 38.1 Å². The first-order chi connectivity index (χ1) is 9.24. The van der Waals surface area contributed by atoms with Gasteiger partial charge in [0.25, 0.3) is 0 Å². The minimum atomic E-state index is 0.257. The number of carbonyl (C=O) groups is 1. The van der Waals surface area contributed by atoms with E-state index in [1.165, 1.54) is 0 Å². The van der Waals surface area contributed by atoms with E-state index in [0.717, 1.165) is 24.1 Å². The van der Waals surface area contributed by atoms with Crippen LogP contribution in [-0.4, -0.2) is 27.6 Å². The molecule has 1 aromatic heterocycles. The van der Waals surface area contributed by atoms with Gasteiger partial charge in [0, 0.05) is 31.3 Å². The summed E-state index contributed by atoms with van der Waals surface area (Å²) in [6.07, 6.45) is 5.90. The van der Waals surface area contributed by atoms with Gasteiger partial charge < -0.3 is 4.90 Å². The van der Waals surface area contributed by atoms with Crippen molar-refractivity contribution in [1.29, 1.82) is 0 Å². The van der Waals surface area contributed by atoms with E-state index in [-0.39, 0.29) is 11.8 Å². The SMILES string of the molecule is CN(Cc1cnn(-c2ccccc2)c1)C(=O)C1CC1. The van der Waals surface area contributed by atoms with Gasteiger partial charge in [0.1, 0.15) is 0 Å². The fourth-order valence-electron chi connectivity index (χ4n) is 2.16. The largest absolute Gasteiger partial charge is 0.341 e. The maximum absolute atomic E-state index is 11.9. The van der Waals surface area contributed by atoms with Crippen LogP contribution in [0.1, 0.15) is 18.4 Å². The van der Waals surface area contributed by atoms with Crippen LogP contribution in [0.15, 0.2) is 42.7 Å². The van der Waals surface area contributed by atoms with Crippen LogP contribution in [-0.2, 0) is 11.3 Å². The molecule has 1 amide bonds. The average Bonchev–Trinajstić information content (AvgIpc) is 3.19. The molecule has 3 rings (SSSR count). The zero-order valence-corrected chi connectivity index (χ0v) is 11.0. The van der Waals surface area contributed by atoms with E-state index in [1.807, 2.05) is 54.5 Å². The van der Waals surface area contributed by atoms with Gasteiger partial charge in [0.15, 0.2) is 0 Å². The highest BCUT2D eigenvalue weighted by molar-refractivity contribution is 5.80. The number of carbonyl (C=O) groups excluding carboxylic acids is 1. The van der Waals surface area contributed by atoms with Gasteiger partial charge in [-0.2, -0.15) is 5.10 Å². The van der Waals surface area contributed by atoms with E-state index in [2.05, 4.69) is 5.10 Å². The first kappa shape index (κ1) is 12.0. The molecule has 0 saturated heterocycles. The maximum Gasteiger partial charge on any atom is 0.225 e. The molecule has 1 aliphatic carbocycles. The van der Waals surface area contributed by atoms with Gasteiger partial charge in [-0.1, -0.05) is 18.2 Å². The summed E-state index contributed by atoms with van der Waals surface area (Å²) in [5.74, 6) is 0.529. The van der Waals surface area contributed by atoms with Crippen LogP contribution in [0, 0.1) is 5.92 Å². The first-order valence-electron chi connectivity index (χ1n) is 6.58. The normalized spacial score (nSPS) is 14.4. The molecule has 0 atom stereocenters. The minimum absolute atomic E-state index is 0.257. The Hall–Kier alpha value is -2.10. The van der Waals surface area contributed by atoms with Crippen molar-refractivity contribution < 1.29 is 4.79 Å². The molecule has 19 heavy (non-hydrogen) atoms. The highest BCUT2D eigenvalue weighted by Gasteiger charge is 2.31. The van der Waals surface area contributed by atoms with Gasteiger partial charge in [0.05, 0.1) is 11.9 Å². The number of nitrogens with zero attached hydrogens (tertiary/aromatic N) is 3. The third-order valence-corrected chi connectivity index (χ3v) is 3.38. The number of hydrogen-bond donors (Lipinski definition) is 0. The molecule has 1 saturated carbocycles. The van der Waals surface area contributed by atoms with Crippen molar-refractivity contribution in [2.75, 3.05) is 7.05 Å². The summed E-state index contributed by atoms with van der Waals surface area (Å²) in [4.78, 5) is 13.7. The van der Waals surface area contributed by atoms with Crippen molar-refractivity contribution in [1.82, 2.24) is 14.7 Å². The van der Waals surface area contributed by atoms with Crippen molar-refractivity contribution in [3.63, 3.8) is 0 Å². The van der Waals surface area contributed by atoms with E-state index >= 15 is 0 Å². The van der Waals surface area contributed by atoms with Gasteiger partial charge in [-0.15, -0.1) is 0 Å². The second-order valence-electron chi connectivity index (χ2n) is 5.10.